The largest absolute Gasteiger partial charge is 0.377 e. The van der Waals surface area contributed by atoms with Gasteiger partial charge in [-0.05, 0) is 37.8 Å². The fourth-order valence-electron chi connectivity index (χ4n) is 2.69. The molecular weight excluding hydrogens is 324 g/mol. The van der Waals surface area contributed by atoms with Crippen LogP contribution in [0.15, 0.2) is 29.2 Å². The zero-order valence-corrected chi connectivity index (χ0v) is 14.6. The molecule has 6 heteroatoms. The molecular formula is C18H24N2O3S. The number of hydrogen-bond acceptors (Lipinski definition) is 4. The van der Waals surface area contributed by atoms with E-state index in [-0.39, 0.29) is 17.7 Å². The first-order valence-electron chi connectivity index (χ1n) is 8.63. The topological polar surface area (TPSA) is 67.4 Å². The summed E-state index contributed by atoms with van der Waals surface area (Å²) in [5, 5.41) is 5.74. The molecule has 130 valence electrons. The molecule has 1 saturated carbocycles. The van der Waals surface area contributed by atoms with E-state index in [0.717, 1.165) is 42.9 Å². The third-order valence-corrected chi connectivity index (χ3v) is 5.44. The van der Waals surface area contributed by atoms with Gasteiger partial charge in [-0.1, -0.05) is 12.1 Å². The predicted octanol–water partition coefficient (Wildman–Crippen LogP) is 2.21. The minimum Gasteiger partial charge on any atom is -0.377 e. The Morgan fingerprint density at radius 1 is 1.12 bits per heavy atom. The minimum atomic E-state index is -0.0916. The molecule has 1 aromatic rings. The number of amides is 2. The van der Waals surface area contributed by atoms with Crippen LogP contribution in [0, 0.1) is 5.92 Å². The van der Waals surface area contributed by atoms with Gasteiger partial charge in [0.05, 0.1) is 11.7 Å². The van der Waals surface area contributed by atoms with Crippen molar-refractivity contribution < 1.29 is 14.3 Å². The van der Waals surface area contributed by atoms with Gasteiger partial charge in [0.1, 0.15) is 0 Å². The number of carbonyl (C=O) groups excluding carboxylic acids is 2. The molecule has 24 heavy (non-hydrogen) atoms. The molecule has 0 spiro atoms. The van der Waals surface area contributed by atoms with E-state index >= 15 is 0 Å². The number of benzene rings is 1. The van der Waals surface area contributed by atoms with E-state index in [2.05, 4.69) is 10.6 Å². The molecule has 0 radical (unpaired) electrons. The van der Waals surface area contributed by atoms with Gasteiger partial charge in [-0.3, -0.25) is 9.59 Å². The van der Waals surface area contributed by atoms with Crippen molar-refractivity contribution >= 4 is 23.6 Å². The summed E-state index contributed by atoms with van der Waals surface area (Å²) in [4.78, 5) is 24.9. The van der Waals surface area contributed by atoms with Crippen molar-refractivity contribution in [1.82, 2.24) is 10.6 Å². The smallest absolute Gasteiger partial charge is 0.252 e. The van der Waals surface area contributed by atoms with Crippen molar-refractivity contribution in [2.24, 2.45) is 5.92 Å². The molecule has 3 rings (SSSR count). The van der Waals surface area contributed by atoms with Crippen LogP contribution in [0.25, 0.3) is 0 Å². The highest BCUT2D eigenvalue weighted by atomic mass is 32.2. The lowest BCUT2D eigenvalue weighted by atomic mass is 10.2. The predicted molar refractivity (Wildman–Crippen MR) is 94.2 cm³/mol. The molecule has 1 atom stereocenters. The normalized spacial score (nSPS) is 19.9. The van der Waals surface area contributed by atoms with E-state index in [4.69, 9.17) is 4.74 Å². The van der Waals surface area contributed by atoms with Crippen LogP contribution in [0.3, 0.4) is 0 Å². The van der Waals surface area contributed by atoms with Crippen molar-refractivity contribution in [3.8, 4) is 0 Å². The average molecular weight is 348 g/mol. The molecule has 2 fully saturated rings. The molecule has 0 aromatic heterocycles. The second-order valence-corrected chi connectivity index (χ2v) is 7.33. The molecule has 1 aliphatic carbocycles. The molecule has 2 N–H and O–H groups in total. The summed E-state index contributed by atoms with van der Waals surface area (Å²) in [5.41, 5.74) is 0.689. The molecule has 5 nitrogen and oxygen atoms in total. The first kappa shape index (κ1) is 17.3. The average Bonchev–Trinajstić information content (AvgIpc) is 3.33. The summed E-state index contributed by atoms with van der Waals surface area (Å²) in [5.74, 6) is 1.10. The summed E-state index contributed by atoms with van der Waals surface area (Å²) < 4.78 is 5.64. The maximum atomic E-state index is 12.4. The van der Waals surface area contributed by atoms with Crippen molar-refractivity contribution in [3.63, 3.8) is 0 Å². The van der Waals surface area contributed by atoms with E-state index in [1.165, 1.54) is 0 Å². The fraction of sp³-hybridized carbons (Fsp3) is 0.556. The van der Waals surface area contributed by atoms with Crippen LogP contribution in [0.2, 0.25) is 0 Å². The summed E-state index contributed by atoms with van der Waals surface area (Å²) in [7, 11) is 0. The summed E-state index contributed by atoms with van der Waals surface area (Å²) in [6.45, 7) is 1.77. The van der Waals surface area contributed by atoms with Gasteiger partial charge >= 0.3 is 0 Å². The lowest BCUT2D eigenvalue weighted by Crippen LogP contribution is -2.35. The molecule has 1 aromatic carbocycles. The van der Waals surface area contributed by atoms with Crippen LogP contribution in [0.5, 0.6) is 0 Å². The molecule has 1 saturated heterocycles. The third kappa shape index (κ3) is 4.98. The standard InChI is InChI=1S/C18H24N2O3S/c21-17(13-7-8-13)19-9-10-20-18(22)15-5-1-2-6-16(15)24-12-14-4-3-11-23-14/h1-2,5-6,13-14H,3-4,7-12H2,(H,19,21)(H,20,22)/t14-/m0/s1. The zero-order chi connectivity index (χ0) is 16.8. The van der Waals surface area contributed by atoms with Gasteiger partial charge < -0.3 is 15.4 Å². The number of thioether (sulfide) groups is 1. The molecule has 0 unspecified atom stereocenters. The zero-order valence-electron chi connectivity index (χ0n) is 13.8. The van der Waals surface area contributed by atoms with Gasteiger partial charge in [0, 0.05) is 36.3 Å². The first-order chi connectivity index (χ1) is 11.7. The second kappa shape index (κ2) is 8.53. The molecule has 2 aliphatic rings. The third-order valence-electron chi connectivity index (χ3n) is 4.24. The highest BCUT2D eigenvalue weighted by Crippen LogP contribution is 2.28. The quantitative estimate of drug-likeness (QED) is 0.558. The second-order valence-electron chi connectivity index (χ2n) is 6.26. The highest BCUT2D eigenvalue weighted by Gasteiger charge is 2.29. The Labute approximate surface area is 146 Å². The number of hydrogen-bond donors (Lipinski definition) is 2. The van der Waals surface area contributed by atoms with Crippen molar-refractivity contribution in [2.45, 2.75) is 36.7 Å². The Hall–Kier alpha value is -1.53. The molecule has 0 bridgehead atoms. The Bertz CT molecular complexity index is 583. The number of nitrogens with one attached hydrogen (secondary N) is 2. The number of ether oxygens (including phenoxy) is 1. The van der Waals surface area contributed by atoms with Gasteiger partial charge in [-0.15, -0.1) is 11.8 Å². The Morgan fingerprint density at radius 3 is 2.67 bits per heavy atom. The molecule has 2 amide bonds. The maximum absolute atomic E-state index is 12.4. The van der Waals surface area contributed by atoms with Crippen LogP contribution in [0.1, 0.15) is 36.0 Å². The van der Waals surface area contributed by atoms with E-state index in [0.29, 0.717) is 24.8 Å². The summed E-state index contributed by atoms with van der Waals surface area (Å²) in [6.07, 6.45) is 4.51. The minimum absolute atomic E-state index is 0.0916. The van der Waals surface area contributed by atoms with Gasteiger partial charge in [-0.2, -0.15) is 0 Å². The molecule has 1 aliphatic heterocycles. The van der Waals surface area contributed by atoms with Gasteiger partial charge in [0.25, 0.3) is 5.91 Å². The van der Waals surface area contributed by atoms with Crippen LogP contribution in [-0.2, 0) is 9.53 Å². The SMILES string of the molecule is O=C(NCCNC(=O)C1CC1)c1ccccc1SC[C@@H]1CCCO1. The van der Waals surface area contributed by atoms with E-state index in [9.17, 15) is 9.59 Å². The number of rotatable bonds is 8. The number of carbonyl (C=O) groups is 2. The van der Waals surface area contributed by atoms with E-state index in [1.807, 2.05) is 24.3 Å². The highest BCUT2D eigenvalue weighted by molar-refractivity contribution is 7.99. The fourth-order valence-corrected chi connectivity index (χ4v) is 3.80. The van der Waals surface area contributed by atoms with Crippen LogP contribution in [0.4, 0.5) is 0 Å². The van der Waals surface area contributed by atoms with Gasteiger partial charge in [0.15, 0.2) is 0 Å². The Balaban J connectivity index is 1.45. The summed E-state index contributed by atoms with van der Waals surface area (Å²) >= 11 is 1.67. The van der Waals surface area contributed by atoms with Crippen LogP contribution < -0.4 is 10.6 Å². The van der Waals surface area contributed by atoms with Crippen molar-refractivity contribution in [1.29, 1.82) is 0 Å². The van der Waals surface area contributed by atoms with Gasteiger partial charge in [0.2, 0.25) is 5.91 Å². The first-order valence-corrected chi connectivity index (χ1v) is 9.62. The van der Waals surface area contributed by atoms with Crippen LogP contribution >= 0.6 is 11.8 Å². The van der Waals surface area contributed by atoms with Gasteiger partial charge in [-0.25, -0.2) is 0 Å². The van der Waals surface area contributed by atoms with Crippen LogP contribution in [-0.4, -0.2) is 43.4 Å². The monoisotopic (exact) mass is 348 g/mol. The van der Waals surface area contributed by atoms with E-state index in [1.54, 1.807) is 11.8 Å². The van der Waals surface area contributed by atoms with Crippen molar-refractivity contribution in [2.75, 3.05) is 25.4 Å². The molecule has 1 heterocycles. The lowest BCUT2D eigenvalue weighted by Gasteiger charge is -2.12. The Kier molecular flexibility index (Phi) is 6.15. The summed E-state index contributed by atoms with van der Waals surface area (Å²) in [6, 6.07) is 7.64. The maximum Gasteiger partial charge on any atom is 0.252 e. The lowest BCUT2D eigenvalue weighted by molar-refractivity contribution is -0.122. The van der Waals surface area contributed by atoms with Crippen molar-refractivity contribution in [3.05, 3.63) is 29.8 Å². The van der Waals surface area contributed by atoms with E-state index < -0.39 is 0 Å². The Morgan fingerprint density at radius 2 is 1.92 bits per heavy atom.